The Hall–Kier alpha value is -2.62. The second kappa shape index (κ2) is 10.8. The fraction of sp³-hybridized carbons (Fsp3) is 0.417. The Morgan fingerprint density at radius 2 is 1.91 bits per heavy atom. The van der Waals surface area contributed by atoms with Crippen molar-refractivity contribution in [1.82, 2.24) is 4.72 Å². The molecule has 0 spiro atoms. The Balaban J connectivity index is 1.81. The summed E-state index contributed by atoms with van der Waals surface area (Å²) in [5.41, 5.74) is 1.96. The predicted octanol–water partition coefficient (Wildman–Crippen LogP) is 3.98. The lowest BCUT2D eigenvalue weighted by molar-refractivity contribution is -0.118. The second-order valence-corrected chi connectivity index (χ2v) is 10.7. The summed E-state index contributed by atoms with van der Waals surface area (Å²) in [5, 5.41) is 3.06. The number of nitrogens with one attached hydrogen (secondary N) is 2. The number of amides is 2. The van der Waals surface area contributed by atoms with Gasteiger partial charge in [-0.1, -0.05) is 32.4 Å². The van der Waals surface area contributed by atoms with Crippen LogP contribution >= 0.6 is 11.6 Å². The molecule has 34 heavy (non-hydrogen) atoms. The van der Waals surface area contributed by atoms with Gasteiger partial charge in [-0.2, -0.15) is 4.72 Å². The van der Waals surface area contributed by atoms with Crippen LogP contribution in [-0.4, -0.2) is 39.9 Å². The quantitative estimate of drug-likeness (QED) is 0.534. The maximum atomic E-state index is 13.2. The minimum atomic E-state index is -3.99. The number of carbonyl (C=O) groups is 2. The summed E-state index contributed by atoms with van der Waals surface area (Å²) >= 11 is 6.14. The highest BCUT2D eigenvalue weighted by Gasteiger charge is 2.29. The first-order valence-corrected chi connectivity index (χ1v) is 13.0. The molecule has 1 unspecified atom stereocenters. The maximum Gasteiger partial charge on any atom is 0.242 e. The third-order valence-electron chi connectivity index (χ3n) is 5.60. The number of fused-ring (bicyclic) bond motifs is 1. The minimum Gasteiger partial charge on any atom is -0.495 e. The molecule has 10 heteroatoms. The van der Waals surface area contributed by atoms with Gasteiger partial charge < -0.3 is 15.0 Å². The molecular weight excluding hydrogens is 478 g/mol. The molecule has 0 aliphatic carbocycles. The lowest BCUT2D eigenvalue weighted by atomic mass is 10.0. The smallest absolute Gasteiger partial charge is 0.242 e. The summed E-state index contributed by atoms with van der Waals surface area (Å²) in [6.45, 7) is 6.14. The SMILES string of the molecule is CCC(=O)N1CCc2cc(S(=O)(=O)NC(CC(C)C)C(=O)Nc3ccc(OC)c(Cl)c3)ccc21. The number of benzene rings is 2. The third kappa shape index (κ3) is 5.89. The second-order valence-electron chi connectivity index (χ2n) is 8.58. The van der Waals surface area contributed by atoms with Gasteiger partial charge in [0.2, 0.25) is 21.8 Å². The Labute approximate surface area is 205 Å². The Morgan fingerprint density at radius 1 is 1.18 bits per heavy atom. The molecule has 0 aromatic heterocycles. The molecule has 0 bridgehead atoms. The minimum absolute atomic E-state index is 0.000198. The van der Waals surface area contributed by atoms with Crippen molar-refractivity contribution in [2.45, 2.75) is 51.0 Å². The molecule has 1 aliphatic heterocycles. The number of ether oxygens (including phenoxy) is 1. The normalized spacial score (nSPS) is 14.1. The number of sulfonamides is 1. The van der Waals surface area contributed by atoms with Gasteiger partial charge in [-0.05, 0) is 60.7 Å². The number of rotatable bonds is 9. The van der Waals surface area contributed by atoms with Crippen LogP contribution in [0.3, 0.4) is 0 Å². The number of hydrogen-bond acceptors (Lipinski definition) is 5. The summed E-state index contributed by atoms with van der Waals surface area (Å²) in [7, 11) is -2.50. The zero-order valence-electron chi connectivity index (χ0n) is 19.7. The summed E-state index contributed by atoms with van der Waals surface area (Å²) in [6.07, 6.45) is 1.27. The van der Waals surface area contributed by atoms with Crippen LogP contribution in [0, 0.1) is 5.92 Å². The van der Waals surface area contributed by atoms with Crippen LogP contribution in [0.25, 0.3) is 0 Å². The molecule has 8 nitrogen and oxygen atoms in total. The Bertz CT molecular complexity index is 1180. The zero-order chi connectivity index (χ0) is 25.0. The first-order valence-electron chi connectivity index (χ1n) is 11.2. The van der Waals surface area contributed by atoms with Crippen LogP contribution in [0.5, 0.6) is 5.75 Å². The number of methoxy groups -OCH3 is 1. The van der Waals surface area contributed by atoms with Gasteiger partial charge in [0.15, 0.2) is 0 Å². The molecule has 1 aliphatic rings. The van der Waals surface area contributed by atoms with E-state index in [0.29, 0.717) is 42.3 Å². The molecule has 184 valence electrons. The number of carbonyl (C=O) groups excluding carboxylic acids is 2. The molecule has 2 N–H and O–H groups in total. The number of nitrogens with zero attached hydrogens (tertiary/aromatic N) is 1. The van der Waals surface area contributed by atoms with Crippen LogP contribution in [0.15, 0.2) is 41.3 Å². The van der Waals surface area contributed by atoms with Gasteiger partial charge in [0.05, 0.1) is 17.0 Å². The third-order valence-corrected chi connectivity index (χ3v) is 7.37. The van der Waals surface area contributed by atoms with E-state index in [1.54, 1.807) is 42.2 Å². The highest BCUT2D eigenvalue weighted by molar-refractivity contribution is 7.89. The summed E-state index contributed by atoms with van der Waals surface area (Å²) in [4.78, 5) is 26.9. The zero-order valence-corrected chi connectivity index (χ0v) is 21.3. The highest BCUT2D eigenvalue weighted by Crippen LogP contribution is 2.31. The molecule has 0 saturated carbocycles. The highest BCUT2D eigenvalue weighted by atomic mass is 35.5. The van der Waals surface area contributed by atoms with Crippen molar-refractivity contribution in [3.63, 3.8) is 0 Å². The molecule has 2 aromatic rings. The van der Waals surface area contributed by atoms with Crippen LogP contribution in [0.1, 0.15) is 39.2 Å². The van der Waals surface area contributed by atoms with Gasteiger partial charge in [0.1, 0.15) is 11.8 Å². The lowest BCUT2D eigenvalue weighted by Crippen LogP contribution is -2.44. The van der Waals surface area contributed by atoms with Crippen molar-refractivity contribution in [3.8, 4) is 5.75 Å². The molecule has 3 rings (SSSR count). The van der Waals surface area contributed by atoms with E-state index in [9.17, 15) is 18.0 Å². The van der Waals surface area contributed by atoms with Crippen molar-refractivity contribution in [2.75, 3.05) is 23.9 Å². The van der Waals surface area contributed by atoms with Gasteiger partial charge in [-0.25, -0.2) is 8.42 Å². The van der Waals surface area contributed by atoms with Gasteiger partial charge in [-0.15, -0.1) is 0 Å². The van der Waals surface area contributed by atoms with Gasteiger partial charge >= 0.3 is 0 Å². The van der Waals surface area contributed by atoms with E-state index in [0.717, 1.165) is 11.3 Å². The summed E-state index contributed by atoms with van der Waals surface area (Å²) in [5.74, 6) is 0.0422. The molecule has 2 amide bonds. The first-order chi connectivity index (χ1) is 16.1. The van der Waals surface area contributed by atoms with E-state index >= 15 is 0 Å². The molecule has 0 radical (unpaired) electrons. The molecule has 1 atom stereocenters. The van der Waals surface area contributed by atoms with Crippen LogP contribution < -0.4 is 19.7 Å². The van der Waals surface area contributed by atoms with Crippen molar-refractivity contribution >= 4 is 44.8 Å². The predicted molar refractivity (Wildman–Crippen MR) is 133 cm³/mol. The summed E-state index contributed by atoms with van der Waals surface area (Å²) < 4.78 is 34.0. The van der Waals surface area contributed by atoms with Crippen LogP contribution in [0.2, 0.25) is 5.02 Å². The average Bonchev–Trinajstić information content (AvgIpc) is 3.21. The van der Waals surface area contributed by atoms with Crippen LogP contribution in [-0.2, 0) is 26.0 Å². The summed E-state index contributed by atoms with van der Waals surface area (Å²) in [6, 6.07) is 8.51. The molecule has 0 saturated heterocycles. The van der Waals surface area contributed by atoms with Crippen molar-refractivity contribution in [2.24, 2.45) is 5.92 Å². The number of halogens is 1. The molecule has 0 fully saturated rings. The number of anilines is 2. The largest absolute Gasteiger partial charge is 0.495 e. The van der Waals surface area contributed by atoms with Crippen molar-refractivity contribution in [1.29, 1.82) is 0 Å². The number of hydrogen-bond donors (Lipinski definition) is 2. The lowest BCUT2D eigenvalue weighted by Gasteiger charge is -2.21. The maximum absolute atomic E-state index is 13.2. The molecule has 2 aromatic carbocycles. The fourth-order valence-corrected chi connectivity index (χ4v) is 5.42. The standard InChI is InChI=1S/C24H30ClN3O5S/c1-5-23(29)28-11-10-16-13-18(7-8-21(16)28)34(31,32)27-20(12-15(2)3)24(30)26-17-6-9-22(33-4)19(25)14-17/h6-9,13-15,20,27H,5,10-12H2,1-4H3,(H,26,30). The van der Waals surface area contributed by atoms with E-state index in [4.69, 9.17) is 16.3 Å². The van der Waals surface area contributed by atoms with Gasteiger partial charge in [-0.3, -0.25) is 9.59 Å². The van der Waals surface area contributed by atoms with Gasteiger partial charge in [0.25, 0.3) is 0 Å². The molecule has 1 heterocycles. The van der Waals surface area contributed by atoms with Crippen molar-refractivity contribution in [3.05, 3.63) is 47.0 Å². The van der Waals surface area contributed by atoms with Gasteiger partial charge in [0, 0.05) is 24.3 Å². The van der Waals surface area contributed by atoms with E-state index in [2.05, 4.69) is 10.0 Å². The van der Waals surface area contributed by atoms with E-state index in [1.807, 2.05) is 13.8 Å². The van der Waals surface area contributed by atoms with E-state index in [1.165, 1.54) is 13.2 Å². The monoisotopic (exact) mass is 507 g/mol. The average molecular weight is 508 g/mol. The molecular formula is C24H30ClN3O5S. The van der Waals surface area contributed by atoms with Crippen LogP contribution in [0.4, 0.5) is 11.4 Å². The van der Waals surface area contributed by atoms with Crippen molar-refractivity contribution < 1.29 is 22.7 Å². The first kappa shape index (κ1) is 26.0. The topological polar surface area (TPSA) is 105 Å². The fourth-order valence-electron chi connectivity index (χ4n) is 3.90. The van der Waals surface area contributed by atoms with E-state index in [-0.39, 0.29) is 16.7 Å². The Kier molecular flexibility index (Phi) is 8.22. The van der Waals surface area contributed by atoms with E-state index < -0.39 is 22.0 Å². The Morgan fingerprint density at radius 3 is 2.53 bits per heavy atom.